The quantitative estimate of drug-likeness (QED) is 0.484. The average Bonchev–Trinajstić information content (AvgIpc) is 1.78. The van der Waals surface area contributed by atoms with Crippen molar-refractivity contribution in [3.63, 3.8) is 0 Å². The van der Waals surface area contributed by atoms with Gasteiger partial charge in [0.15, 0.2) is 0 Å². The van der Waals surface area contributed by atoms with E-state index in [9.17, 15) is 4.79 Å². The highest BCUT2D eigenvalue weighted by molar-refractivity contribution is 5.72. The number of nitrogens with one attached hydrogen (secondary N) is 2. The van der Waals surface area contributed by atoms with E-state index in [1.165, 1.54) is 6.92 Å². The Hall–Kier alpha value is -0.570. The van der Waals surface area contributed by atoms with Crippen LogP contribution in [0, 0.1) is 0 Å². The molecule has 0 saturated heterocycles. The van der Waals surface area contributed by atoms with Crippen LogP contribution in [0.4, 0.5) is 0 Å². The smallest absolute Gasteiger partial charge is 0.216 e. The van der Waals surface area contributed by atoms with Gasteiger partial charge in [-0.1, -0.05) is 0 Å². The highest BCUT2D eigenvalue weighted by Gasteiger charge is 1.85. The lowest BCUT2D eigenvalue weighted by atomic mass is 10.6. The summed E-state index contributed by atoms with van der Waals surface area (Å²) in [6.45, 7) is -0.127. The highest BCUT2D eigenvalue weighted by atomic mass is 16.1. The van der Waals surface area contributed by atoms with E-state index in [1.807, 2.05) is 0 Å². The molecule has 1 amide bonds. The molecule has 0 rings (SSSR count). The molecule has 0 saturated carbocycles. The summed E-state index contributed by atoms with van der Waals surface area (Å²) in [5.74, 6) is -0.155. The predicted molar refractivity (Wildman–Crippen MR) is 32.6 cm³/mol. The van der Waals surface area contributed by atoms with Gasteiger partial charge < -0.3 is 10.6 Å². The molecule has 8 heavy (non-hydrogen) atoms. The third-order valence-electron chi connectivity index (χ3n) is 0.624. The molecule has 0 fully saturated rings. The van der Waals surface area contributed by atoms with Gasteiger partial charge in [0.25, 0.3) is 0 Å². The van der Waals surface area contributed by atoms with Gasteiger partial charge in [-0.2, -0.15) is 0 Å². The fourth-order valence-corrected chi connectivity index (χ4v) is 0.301. The largest absolute Gasteiger partial charge is 0.355 e. The lowest BCUT2D eigenvalue weighted by molar-refractivity contribution is -0.118. The lowest BCUT2D eigenvalue weighted by Gasteiger charge is -1.97. The van der Waals surface area contributed by atoms with E-state index < -0.39 is 6.98 Å². The molecule has 0 bridgehead atoms. The lowest BCUT2D eigenvalue weighted by Crippen LogP contribution is -2.28. The van der Waals surface area contributed by atoms with Crippen molar-refractivity contribution in [2.45, 2.75) is 6.92 Å². The van der Waals surface area contributed by atoms with E-state index in [1.54, 1.807) is 0 Å². The molecule has 0 aliphatic carbocycles. The first-order chi connectivity index (χ1) is 4.92. The van der Waals surface area contributed by atoms with E-state index >= 15 is 0 Å². The summed E-state index contributed by atoms with van der Waals surface area (Å²) in [6, 6.07) is 0. The summed E-state index contributed by atoms with van der Waals surface area (Å²) in [6.07, 6.45) is 0. The van der Waals surface area contributed by atoms with Crippen LogP contribution in [0.25, 0.3) is 0 Å². The minimum Gasteiger partial charge on any atom is -0.355 e. The van der Waals surface area contributed by atoms with Crippen molar-refractivity contribution in [3.8, 4) is 0 Å². The maximum absolute atomic E-state index is 10.3. The third kappa shape index (κ3) is 5.43. The fraction of sp³-hybridized carbons (Fsp3) is 0.800. The van der Waals surface area contributed by atoms with Crippen molar-refractivity contribution in [2.75, 3.05) is 20.1 Å². The normalized spacial score (nSPS) is 15.9. The molecule has 0 aliphatic rings. The van der Waals surface area contributed by atoms with Crippen LogP contribution in [0.5, 0.6) is 0 Å². The monoisotopic (exact) mass is 119 g/mol. The van der Waals surface area contributed by atoms with Crippen LogP contribution < -0.4 is 10.6 Å². The first-order valence-corrected chi connectivity index (χ1v) is 2.41. The number of carbonyl (C=O) groups excluding carboxylic acids is 1. The summed E-state index contributed by atoms with van der Waals surface area (Å²) in [5.41, 5.74) is 0. The molecule has 0 radical (unpaired) electrons. The number of carbonyl (C=O) groups is 1. The van der Waals surface area contributed by atoms with Gasteiger partial charge in [0, 0.05) is 24.1 Å². The number of amides is 1. The summed E-state index contributed by atoms with van der Waals surface area (Å²) in [4.78, 5) is 10.3. The van der Waals surface area contributed by atoms with Gasteiger partial charge in [0.05, 0.1) is 0 Å². The number of hydrogen-bond acceptors (Lipinski definition) is 2. The molecule has 0 heterocycles. The molecule has 48 valence electrons. The number of rotatable bonds is 3. The van der Waals surface area contributed by atoms with E-state index in [4.69, 9.17) is 4.11 Å². The Morgan fingerprint density at radius 2 is 2.50 bits per heavy atom. The van der Waals surface area contributed by atoms with Crippen LogP contribution >= 0.6 is 0 Å². The molecular weight excluding hydrogens is 104 g/mol. The Labute approximate surface area is 53.7 Å². The second-order valence-corrected chi connectivity index (χ2v) is 1.41. The Morgan fingerprint density at radius 3 is 3.00 bits per heavy atom. The zero-order valence-corrected chi connectivity index (χ0v) is 4.82. The Balaban J connectivity index is 3.22. The highest BCUT2D eigenvalue weighted by Crippen LogP contribution is 1.57. The van der Waals surface area contributed by atoms with Crippen molar-refractivity contribution >= 4 is 5.91 Å². The van der Waals surface area contributed by atoms with E-state index in [-0.39, 0.29) is 12.5 Å². The van der Waals surface area contributed by atoms with Gasteiger partial charge in [-0.3, -0.25) is 4.79 Å². The van der Waals surface area contributed by atoms with Crippen LogP contribution in [0.1, 0.15) is 11.0 Å². The number of hydrogen-bond donors (Lipinski definition) is 2. The Morgan fingerprint density at radius 1 is 1.75 bits per heavy atom. The SMILES string of the molecule is [2H]C([2H])([2H])NCCNC(C)=O. The van der Waals surface area contributed by atoms with E-state index in [0.717, 1.165) is 0 Å². The summed E-state index contributed by atoms with van der Waals surface area (Å²) in [7, 11) is 0. The Kier molecular flexibility index (Phi) is 1.98. The molecule has 0 aromatic heterocycles. The molecule has 0 unspecified atom stereocenters. The third-order valence-corrected chi connectivity index (χ3v) is 0.624. The molecule has 3 nitrogen and oxygen atoms in total. The molecule has 0 atom stereocenters. The zero-order chi connectivity index (χ0) is 8.91. The van der Waals surface area contributed by atoms with Crippen LogP contribution in [0.15, 0.2) is 0 Å². The minimum absolute atomic E-state index is 0.155. The van der Waals surface area contributed by atoms with Gasteiger partial charge in [0.2, 0.25) is 5.91 Å². The first kappa shape index (κ1) is 3.45. The first-order valence-electron chi connectivity index (χ1n) is 3.91. The van der Waals surface area contributed by atoms with Crippen LogP contribution in [0.3, 0.4) is 0 Å². The summed E-state index contributed by atoms with van der Waals surface area (Å²) >= 11 is 0. The predicted octanol–water partition coefficient (Wildman–Crippen LogP) is -0.658. The van der Waals surface area contributed by atoms with Crippen LogP contribution in [0.2, 0.25) is 0 Å². The molecule has 0 aromatic rings. The topological polar surface area (TPSA) is 41.1 Å². The maximum Gasteiger partial charge on any atom is 0.216 e. The van der Waals surface area contributed by atoms with Crippen molar-refractivity contribution in [1.82, 2.24) is 10.6 Å². The molecular formula is C5H12N2O. The Bertz CT molecular complexity index is 134. The molecule has 0 spiro atoms. The molecule has 0 aliphatic heterocycles. The zero-order valence-electron chi connectivity index (χ0n) is 7.82. The van der Waals surface area contributed by atoms with Gasteiger partial charge in [-0.15, -0.1) is 0 Å². The van der Waals surface area contributed by atoms with Gasteiger partial charge in [0.1, 0.15) is 0 Å². The van der Waals surface area contributed by atoms with Gasteiger partial charge in [-0.05, 0) is 6.98 Å². The second-order valence-electron chi connectivity index (χ2n) is 1.41. The van der Waals surface area contributed by atoms with Gasteiger partial charge >= 0.3 is 0 Å². The van der Waals surface area contributed by atoms with Crippen LogP contribution in [-0.2, 0) is 4.79 Å². The minimum atomic E-state index is -2.11. The van der Waals surface area contributed by atoms with Crippen molar-refractivity contribution in [3.05, 3.63) is 0 Å². The number of likely N-dealkylation sites (N-methyl/N-ethyl adjacent to an activating group) is 1. The molecule has 2 N–H and O–H groups in total. The average molecular weight is 119 g/mol. The molecule has 0 aromatic carbocycles. The van der Waals surface area contributed by atoms with Crippen molar-refractivity contribution in [2.24, 2.45) is 0 Å². The second kappa shape index (κ2) is 4.59. The van der Waals surface area contributed by atoms with E-state index in [0.29, 0.717) is 6.54 Å². The fourth-order valence-electron chi connectivity index (χ4n) is 0.301. The van der Waals surface area contributed by atoms with Crippen LogP contribution in [-0.4, -0.2) is 26.0 Å². The van der Waals surface area contributed by atoms with E-state index in [2.05, 4.69) is 10.6 Å². The standard InChI is InChI=1S/C5H12N2O/c1-5(8)7-4-3-6-2/h6H,3-4H2,1-2H3,(H,7,8)/i2D3. The molecule has 3 heteroatoms. The maximum atomic E-state index is 10.3. The van der Waals surface area contributed by atoms with Crippen molar-refractivity contribution < 1.29 is 8.91 Å². The summed E-state index contributed by atoms with van der Waals surface area (Å²) in [5, 5.41) is 4.73. The van der Waals surface area contributed by atoms with Gasteiger partial charge in [-0.25, -0.2) is 0 Å². The van der Waals surface area contributed by atoms with Crippen molar-refractivity contribution in [1.29, 1.82) is 0 Å². The summed E-state index contributed by atoms with van der Waals surface area (Å²) < 4.78 is 20.2.